The molecule has 4 nitrogen and oxygen atoms in total. The molecule has 3 rings (SSSR count). The van der Waals surface area contributed by atoms with Crippen LogP contribution < -0.4 is 5.43 Å². The third kappa shape index (κ3) is 4.86. The van der Waals surface area contributed by atoms with E-state index in [2.05, 4.69) is 31.3 Å². The Kier molecular flexibility index (Phi) is 5.47. The summed E-state index contributed by atoms with van der Waals surface area (Å²) in [6.45, 7) is 6.40. The molecule has 0 bridgehead atoms. The lowest BCUT2D eigenvalue weighted by atomic mass is 9.87. The second kappa shape index (κ2) is 7.80. The van der Waals surface area contributed by atoms with Crippen molar-refractivity contribution in [3.05, 3.63) is 82.6 Å². The molecule has 0 unspecified atom stereocenters. The highest BCUT2D eigenvalue weighted by Crippen LogP contribution is 2.24. The number of hydrazone groups is 1. The monoisotopic (exact) mass is 380 g/mol. The highest BCUT2D eigenvalue weighted by atomic mass is 35.5. The molecule has 0 aliphatic heterocycles. The molecular weight excluding hydrogens is 360 g/mol. The van der Waals surface area contributed by atoms with Crippen LogP contribution in [0.4, 0.5) is 0 Å². The summed E-state index contributed by atoms with van der Waals surface area (Å²) in [5.74, 6) is 0.949. The number of rotatable bonds is 4. The van der Waals surface area contributed by atoms with Gasteiger partial charge in [0.2, 0.25) is 0 Å². The fourth-order valence-corrected chi connectivity index (χ4v) is 2.75. The van der Waals surface area contributed by atoms with E-state index in [0.717, 1.165) is 5.56 Å². The van der Waals surface area contributed by atoms with E-state index >= 15 is 0 Å². The van der Waals surface area contributed by atoms with Gasteiger partial charge in [0, 0.05) is 16.1 Å². The lowest BCUT2D eigenvalue weighted by Gasteiger charge is -2.18. The fraction of sp³-hybridized carbons (Fsp3) is 0.182. The van der Waals surface area contributed by atoms with Crippen LogP contribution in [0.15, 0.2) is 70.2 Å². The SMILES string of the molecule is CC(C)(C)c1ccc(C(=O)N/N=C\c2ccc(-c3cccc(Cl)c3)o2)cc1. The highest BCUT2D eigenvalue weighted by Gasteiger charge is 2.14. The van der Waals surface area contributed by atoms with E-state index in [9.17, 15) is 4.79 Å². The number of hydrogen-bond donors (Lipinski definition) is 1. The number of halogens is 1. The van der Waals surface area contributed by atoms with E-state index in [1.165, 1.54) is 11.8 Å². The molecule has 0 saturated heterocycles. The quantitative estimate of drug-likeness (QED) is 0.469. The molecule has 1 N–H and O–H groups in total. The van der Waals surface area contributed by atoms with Crippen LogP contribution in [-0.2, 0) is 5.41 Å². The largest absolute Gasteiger partial charge is 0.455 e. The summed E-state index contributed by atoms with van der Waals surface area (Å²) in [6.07, 6.45) is 1.47. The molecule has 0 spiro atoms. The maximum absolute atomic E-state index is 12.2. The summed E-state index contributed by atoms with van der Waals surface area (Å²) in [5.41, 5.74) is 5.17. The van der Waals surface area contributed by atoms with Crippen LogP contribution in [0, 0.1) is 0 Å². The van der Waals surface area contributed by atoms with Crippen molar-refractivity contribution in [1.82, 2.24) is 5.43 Å². The summed E-state index contributed by atoms with van der Waals surface area (Å²) in [5, 5.41) is 4.61. The highest BCUT2D eigenvalue weighted by molar-refractivity contribution is 6.30. The van der Waals surface area contributed by atoms with Crippen LogP contribution in [-0.4, -0.2) is 12.1 Å². The van der Waals surface area contributed by atoms with Crippen LogP contribution >= 0.6 is 11.6 Å². The number of benzene rings is 2. The molecule has 5 heteroatoms. The van der Waals surface area contributed by atoms with Crippen LogP contribution in [0.25, 0.3) is 11.3 Å². The minimum Gasteiger partial charge on any atom is -0.455 e. The molecule has 0 radical (unpaired) electrons. The van der Waals surface area contributed by atoms with Gasteiger partial charge >= 0.3 is 0 Å². The van der Waals surface area contributed by atoms with Gasteiger partial charge in [0.1, 0.15) is 11.5 Å². The predicted molar refractivity (Wildman–Crippen MR) is 109 cm³/mol. The summed E-state index contributed by atoms with van der Waals surface area (Å²) in [7, 11) is 0. The maximum Gasteiger partial charge on any atom is 0.271 e. The van der Waals surface area contributed by atoms with Gasteiger partial charge in [-0.15, -0.1) is 0 Å². The predicted octanol–water partition coefficient (Wildman–Crippen LogP) is 5.66. The number of nitrogens with one attached hydrogen (secondary N) is 1. The standard InChI is InChI=1S/C22H21ClN2O2/c1-22(2,3)17-9-7-15(8-10-17)21(26)25-24-14-19-11-12-20(27-19)16-5-4-6-18(23)13-16/h4-14H,1-3H3,(H,25,26)/b24-14-. The third-order valence-corrected chi connectivity index (χ3v) is 4.34. The average molecular weight is 381 g/mol. The van der Waals surface area contributed by atoms with E-state index in [-0.39, 0.29) is 11.3 Å². The molecule has 1 heterocycles. The van der Waals surface area contributed by atoms with Crippen LogP contribution in [0.5, 0.6) is 0 Å². The van der Waals surface area contributed by atoms with Crippen molar-refractivity contribution in [3.63, 3.8) is 0 Å². The lowest BCUT2D eigenvalue weighted by molar-refractivity contribution is 0.0955. The molecule has 0 atom stereocenters. The Hall–Kier alpha value is -2.85. The van der Waals surface area contributed by atoms with Gasteiger partial charge in [0.05, 0.1) is 6.21 Å². The number of amides is 1. The molecule has 27 heavy (non-hydrogen) atoms. The zero-order valence-electron chi connectivity index (χ0n) is 15.5. The Labute approximate surface area is 163 Å². The Morgan fingerprint density at radius 2 is 1.81 bits per heavy atom. The molecule has 0 aliphatic rings. The normalized spacial score (nSPS) is 11.7. The number of furan rings is 1. The van der Waals surface area contributed by atoms with Crippen molar-refractivity contribution >= 4 is 23.7 Å². The summed E-state index contributed by atoms with van der Waals surface area (Å²) in [6, 6.07) is 18.5. The van der Waals surface area contributed by atoms with Crippen molar-refractivity contribution in [2.45, 2.75) is 26.2 Å². The average Bonchev–Trinajstić information content (AvgIpc) is 3.10. The smallest absolute Gasteiger partial charge is 0.271 e. The topological polar surface area (TPSA) is 54.6 Å². The Morgan fingerprint density at radius 1 is 1.07 bits per heavy atom. The number of hydrogen-bond acceptors (Lipinski definition) is 3. The number of nitrogens with zero attached hydrogens (tertiary/aromatic N) is 1. The van der Waals surface area contributed by atoms with Gasteiger partial charge in [0.15, 0.2) is 0 Å². The van der Waals surface area contributed by atoms with Gasteiger partial charge in [-0.3, -0.25) is 4.79 Å². The number of carbonyl (C=O) groups excluding carboxylic acids is 1. The van der Waals surface area contributed by atoms with Gasteiger partial charge in [-0.2, -0.15) is 5.10 Å². The summed E-state index contributed by atoms with van der Waals surface area (Å²) < 4.78 is 5.71. The van der Waals surface area contributed by atoms with Gasteiger partial charge in [-0.05, 0) is 47.4 Å². The molecule has 1 aromatic heterocycles. The van der Waals surface area contributed by atoms with Gasteiger partial charge in [-0.25, -0.2) is 5.43 Å². The third-order valence-electron chi connectivity index (χ3n) is 4.11. The second-order valence-electron chi connectivity index (χ2n) is 7.24. The van der Waals surface area contributed by atoms with Crippen molar-refractivity contribution in [2.24, 2.45) is 5.10 Å². The minimum absolute atomic E-state index is 0.0487. The lowest BCUT2D eigenvalue weighted by Crippen LogP contribution is -2.18. The molecule has 2 aromatic carbocycles. The van der Waals surface area contributed by atoms with Gasteiger partial charge in [0.25, 0.3) is 5.91 Å². The van der Waals surface area contributed by atoms with Crippen molar-refractivity contribution in [2.75, 3.05) is 0 Å². The minimum atomic E-state index is -0.270. The van der Waals surface area contributed by atoms with E-state index in [4.69, 9.17) is 16.0 Å². The summed E-state index contributed by atoms with van der Waals surface area (Å²) in [4.78, 5) is 12.2. The van der Waals surface area contributed by atoms with Crippen LogP contribution in [0.1, 0.15) is 42.5 Å². The van der Waals surface area contributed by atoms with Crippen molar-refractivity contribution < 1.29 is 9.21 Å². The zero-order valence-corrected chi connectivity index (χ0v) is 16.2. The second-order valence-corrected chi connectivity index (χ2v) is 7.68. The molecule has 0 aliphatic carbocycles. The van der Waals surface area contributed by atoms with Crippen LogP contribution in [0.3, 0.4) is 0 Å². The van der Waals surface area contributed by atoms with Gasteiger partial charge in [-0.1, -0.05) is 56.6 Å². The zero-order chi connectivity index (χ0) is 19.4. The number of carbonyl (C=O) groups is 1. The van der Waals surface area contributed by atoms with E-state index in [1.807, 2.05) is 36.4 Å². The van der Waals surface area contributed by atoms with Crippen molar-refractivity contribution in [3.8, 4) is 11.3 Å². The molecule has 3 aromatic rings. The molecule has 1 amide bonds. The van der Waals surface area contributed by atoms with E-state index < -0.39 is 0 Å². The maximum atomic E-state index is 12.2. The fourth-order valence-electron chi connectivity index (χ4n) is 2.56. The van der Waals surface area contributed by atoms with E-state index in [0.29, 0.717) is 22.1 Å². The first kappa shape index (κ1) is 18.9. The van der Waals surface area contributed by atoms with Gasteiger partial charge < -0.3 is 4.42 Å². The van der Waals surface area contributed by atoms with E-state index in [1.54, 1.807) is 24.3 Å². The Morgan fingerprint density at radius 3 is 2.48 bits per heavy atom. The first-order valence-corrected chi connectivity index (χ1v) is 9.00. The molecule has 0 fully saturated rings. The Bertz CT molecular complexity index is 966. The first-order valence-electron chi connectivity index (χ1n) is 8.63. The first-order chi connectivity index (χ1) is 12.8. The molecule has 138 valence electrons. The van der Waals surface area contributed by atoms with Crippen molar-refractivity contribution in [1.29, 1.82) is 0 Å². The Balaban J connectivity index is 1.63. The van der Waals surface area contributed by atoms with Crippen LogP contribution in [0.2, 0.25) is 5.02 Å². The molecular formula is C22H21ClN2O2. The summed E-state index contributed by atoms with van der Waals surface area (Å²) >= 11 is 6.00. The molecule has 0 saturated carbocycles.